The Morgan fingerprint density at radius 2 is 1.65 bits per heavy atom. The van der Waals surface area contributed by atoms with Crippen LogP contribution in [0.5, 0.6) is 5.75 Å². The Kier molecular flexibility index (Phi) is 3.23. The molecule has 0 radical (unpaired) electrons. The summed E-state index contributed by atoms with van der Waals surface area (Å²) >= 11 is 0. The minimum atomic E-state index is -0.687. The quantitative estimate of drug-likeness (QED) is 0.338. The van der Waals surface area contributed by atoms with Crippen LogP contribution in [-0.2, 0) is 4.79 Å². The third-order valence-electron chi connectivity index (χ3n) is 2.29. The summed E-state index contributed by atoms with van der Waals surface area (Å²) in [5.41, 5.74) is 1.82. The molecule has 0 heterocycles. The summed E-state index contributed by atoms with van der Waals surface area (Å²) in [4.78, 5) is 11.1. The van der Waals surface area contributed by atoms with E-state index < -0.39 is 5.97 Å². The summed E-state index contributed by atoms with van der Waals surface area (Å²) in [5.74, 6) is 1.72. The van der Waals surface area contributed by atoms with Gasteiger partial charge in [-0.25, -0.2) is 4.79 Å². The zero-order valence-corrected chi connectivity index (χ0v) is 9.09. The van der Waals surface area contributed by atoms with Gasteiger partial charge in [0.15, 0.2) is 0 Å². The van der Waals surface area contributed by atoms with Crippen molar-refractivity contribution in [3.63, 3.8) is 0 Å². The number of benzene rings is 2. The van der Waals surface area contributed by atoms with Gasteiger partial charge in [0.1, 0.15) is 5.75 Å². The van der Waals surface area contributed by atoms with Gasteiger partial charge in [-0.2, -0.15) is 0 Å². The molecule has 0 aliphatic rings. The summed E-state index contributed by atoms with van der Waals surface area (Å²) in [6.07, 6.45) is 4.98. The molecule has 0 fully saturated rings. The van der Waals surface area contributed by atoms with E-state index in [9.17, 15) is 4.79 Å². The molecule has 0 saturated carbocycles. The number of carbonyl (C=O) groups excluding carboxylic acids is 1. The van der Waals surface area contributed by atoms with Gasteiger partial charge in [-0.05, 0) is 11.6 Å². The number of hydrogen-bond acceptors (Lipinski definition) is 2. The van der Waals surface area contributed by atoms with Gasteiger partial charge in [0.25, 0.3) is 0 Å². The smallest absolute Gasteiger partial charge is 0.389 e. The molecule has 0 spiro atoms. The first-order valence-electron chi connectivity index (χ1n) is 5.14. The van der Waals surface area contributed by atoms with Crippen LogP contribution in [0.15, 0.2) is 54.6 Å². The first-order valence-corrected chi connectivity index (χ1v) is 5.14. The zero-order valence-electron chi connectivity index (χ0n) is 9.09. The van der Waals surface area contributed by atoms with Crippen LogP contribution in [0.25, 0.3) is 11.1 Å². The van der Waals surface area contributed by atoms with Gasteiger partial charge in [-0.1, -0.05) is 48.5 Å². The van der Waals surface area contributed by atoms with E-state index >= 15 is 0 Å². The fraction of sp³-hybridized carbons (Fsp3) is 0. The van der Waals surface area contributed by atoms with Crippen LogP contribution in [0.1, 0.15) is 0 Å². The molecule has 0 aliphatic carbocycles. The number of carbonyl (C=O) groups is 1. The Labute approximate surface area is 99.9 Å². The van der Waals surface area contributed by atoms with Gasteiger partial charge in [0, 0.05) is 11.5 Å². The lowest BCUT2D eigenvalue weighted by Gasteiger charge is -2.07. The Morgan fingerprint density at radius 3 is 2.35 bits per heavy atom. The van der Waals surface area contributed by atoms with E-state index in [0.717, 1.165) is 11.1 Å². The van der Waals surface area contributed by atoms with E-state index in [-0.39, 0.29) is 0 Å². The van der Waals surface area contributed by atoms with E-state index in [0.29, 0.717) is 5.75 Å². The molecular formula is C15H10O2. The van der Waals surface area contributed by atoms with Crippen LogP contribution in [0.4, 0.5) is 0 Å². The Bertz CT molecular complexity index is 565. The van der Waals surface area contributed by atoms with Gasteiger partial charge in [-0.15, -0.1) is 6.42 Å². The van der Waals surface area contributed by atoms with Crippen molar-refractivity contribution >= 4 is 5.97 Å². The Hall–Kier alpha value is -2.53. The van der Waals surface area contributed by atoms with E-state index in [1.807, 2.05) is 48.4 Å². The average molecular weight is 222 g/mol. The lowest BCUT2D eigenvalue weighted by molar-refractivity contribution is -0.127. The lowest BCUT2D eigenvalue weighted by Crippen LogP contribution is -2.04. The predicted octanol–water partition coefficient (Wildman–Crippen LogP) is 2.89. The van der Waals surface area contributed by atoms with Crippen LogP contribution in [0, 0.1) is 12.3 Å². The number of terminal acetylenes is 1. The van der Waals surface area contributed by atoms with Gasteiger partial charge in [0.05, 0.1) is 0 Å². The van der Waals surface area contributed by atoms with Crippen molar-refractivity contribution in [1.82, 2.24) is 0 Å². The van der Waals surface area contributed by atoms with Crippen molar-refractivity contribution in [2.75, 3.05) is 0 Å². The molecule has 2 nitrogen and oxygen atoms in total. The molecule has 2 rings (SSSR count). The van der Waals surface area contributed by atoms with Crippen molar-refractivity contribution in [1.29, 1.82) is 0 Å². The highest BCUT2D eigenvalue weighted by Crippen LogP contribution is 2.29. The number of hydrogen-bond donors (Lipinski definition) is 0. The maximum absolute atomic E-state index is 11.1. The molecular weight excluding hydrogens is 212 g/mol. The van der Waals surface area contributed by atoms with E-state index in [1.165, 1.54) is 0 Å². The molecule has 0 aliphatic heterocycles. The summed E-state index contributed by atoms with van der Waals surface area (Å²) in [5, 5.41) is 0. The standard InChI is InChI=1S/C15H10O2/c1-2-15(16)17-14-11-7-6-10-13(14)12-8-4-3-5-9-12/h1,3-11H. The Morgan fingerprint density at radius 1 is 1.00 bits per heavy atom. The molecule has 82 valence electrons. The zero-order chi connectivity index (χ0) is 12.1. The van der Waals surface area contributed by atoms with Crippen LogP contribution >= 0.6 is 0 Å². The van der Waals surface area contributed by atoms with E-state index in [4.69, 9.17) is 11.2 Å². The third-order valence-corrected chi connectivity index (χ3v) is 2.29. The van der Waals surface area contributed by atoms with Crippen molar-refractivity contribution in [2.45, 2.75) is 0 Å². The van der Waals surface area contributed by atoms with E-state index in [2.05, 4.69) is 0 Å². The first-order chi connectivity index (χ1) is 8.31. The second-order valence-electron chi connectivity index (χ2n) is 3.40. The van der Waals surface area contributed by atoms with Crippen molar-refractivity contribution in [3.05, 3.63) is 54.6 Å². The van der Waals surface area contributed by atoms with Gasteiger partial charge in [-0.3, -0.25) is 0 Å². The molecule has 0 aromatic heterocycles. The van der Waals surface area contributed by atoms with Crippen LogP contribution in [0.3, 0.4) is 0 Å². The Balaban J connectivity index is 2.42. The number of ether oxygens (including phenoxy) is 1. The minimum Gasteiger partial charge on any atom is -0.416 e. The summed E-state index contributed by atoms with van der Waals surface area (Å²) in [7, 11) is 0. The van der Waals surface area contributed by atoms with Crippen molar-refractivity contribution in [3.8, 4) is 29.2 Å². The monoisotopic (exact) mass is 222 g/mol. The molecule has 0 saturated heterocycles. The highest BCUT2D eigenvalue weighted by atomic mass is 16.5. The fourth-order valence-corrected chi connectivity index (χ4v) is 1.54. The summed E-state index contributed by atoms with van der Waals surface area (Å²) in [6, 6.07) is 17.0. The molecule has 2 heteroatoms. The van der Waals surface area contributed by atoms with Crippen molar-refractivity contribution < 1.29 is 9.53 Å². The third kappa shape index (κ3) is 2.53. The molecule has 0 bridgehead atoms. The molecule has 0 unspecified atom stereocenters. The van der Waals surface area contributed by atoms with Gasteiger partial charge < -0.3 is 4.74 Å². The topological polar surface area (TPSA) is 26.3 Å². The maximum atomic E-state index is 11.1. The summed E-state index contributed by atoms with van der Waals surface area (Å²) in [6.45, 7) is 0. The second-order valence-corrected chi connectivity index (χ2v) is 3.40. The first kappa shape index (κ1) is 11.0. The van der Waals surface area contributed by atoms with E-state index in [1.54, 1.807) is 12.1 Å². The van der Waals surface area contributed by atoms with Crippen LogP contribution in [-0.4, -0.2) is 5.97 Å². The fourth-order valence-electron chi connectivity index (χ4n) is 1.54. The highest BCUT2D eigenvalue weighted by molar-refractivity contribution is 5.90. The average Bonchev–Trinajstić information content (AvgIpc) is 2.40. The molecule has 2 aromatic rings. The number of esters is 1. The molecule has 2 aromatic carbocycles. The normalized spacial score (nSPS) is 9.35. The maximum Gasteiger partial charge on any atom is 0.389 e. The summed E-state index contributed by atoms with van der Waals surface area (Å²) < 4.78 is 5.07. The minimum absolute atomic E-state index is 0.474. The second kappa shape index (κ2) is 5.00. The molecule has 0 atom stereocenters. The van der Waals surface area contributed by atoms with Crippen molar-refractivity contribution in [2.24, 2.45) is 0 Å². The predicted molar refractivity (Wildman–Crippen MR) is 66.3 cm³/mol. The van der Waals surface area contributed by atoms with Crippen LogP contribution < -0.4 is 4.74 Å². The van der Waals surface area contributed by atoms with Gasteiger partial charge >= 0.3 is 5.97 Å². The molecule has 0 N–H and O–H groups in total. The highest BCUT2D eigenvalue weighted by Gasteiger charge is 2.07. The largest absolute Gasteiger partial charge is 0.416 e. The van der Waals surface area contributed by atoms with Gasteiger partial charge in [0.2, 0.25) is 0 Å². The molecule has 17 heavy (non-hydrogen) atoms. The van der Waals surface area contributed by atoms with Crippen LogP contribution in [0.2, 0.25) is 0 Å². The SMILES string of the molecule is C#CC(=O)Oc1ccccc1-c1ccccc1. The number of rotatable bonds is 2. The lowest BCUT2D eigenvalue weighted by atomic mass is 10.1. The number of para-hydroxylation sites is 1. The molecule has 0 amide bonds.